The number of hydrogen-bond donors (Lipinski definition) is 1. The molecule has 25 heavy (non-hydrogen) atoms. The number of aromatic nitrogens is 1. The van der Waals surface area contributed by atoms with Crippen LogP contribution in [0.5, 0.6) is 11.5 Å². The van der Waals surface area contributed by atoms with Crippen molar-refractivity contribution in [2.24, 2.45) is 0 Å². The Morgan fingerprint density at radius 1 is 1.12 bits per heavy atom. The van der Waals surface area contributed by atoms with E-state index in [1.165, 1.54) is 14.2 Å². The zero-order valence-corrected chi connectivity index (χ0v) is 14.0. The fraction of sp³-hybridized carbons (Fsp3) is 0.158. The van der Waals surface area contributed by atoms with Gasteiger partial charge in [-0.3, -0.25) is 9.78 Å². The lowest BCUT2D eigenvalue weighted by Crippen LogP contribution is -2.23. The Bertz CT molecular complexity index is 842. The minimum atomic E-state index is -0.245. The van der Waals surface area contributed by atoms with E-state index in [0.29, 0.717) is 29.4 Å². The molecule has 1 aromatic carbocycles. The molecule has 1 N–H and O–H groups in total. The van der Waals surface area contributed by atoms with Crippen LogP contribution in [0.15, 0.2) is 59.3 Å². The van der Waals surface area contributed by atoms with E-state index < -0.39 is 0 Å². The number of benzene rings is 1. The lowest BCUT2D eigenvalue weighted by molar-refractivity contribution is 0.0947. The Hall–Kier alpha value is -3.28. The highest BCUT2D eigenvalue weighted by atomic mass is 16.5. The van der Waals surface area contributed by atoms with Gasteiger partial charge < -0.3 is 19.2 Å². The van der Waals surface area contributed by atoms with Crippen LogP contribution in [0.3, 0.4) is 0 Å². The summed E-state index contributed by atoms with van der Waals surface area (Å²) < 4.78 is 15.8. The highest BCUT2D eigenvalue weighted by Gasteiger charge is 2.16. The van der Waals surface area contributed by atoms with Crippen molar-refractivity contribution in [3.8, 4) is 23.0 Å². The summed E-state index contributed by atoms with van der Waals surface area (Å²) in [5.41, 5.74) is 2.04. The molecule has 0 saturated heterocycles. The van der Waals surface area contributed by atoms with Crippen LogP contribution in [0.2, 0.25) is 0 Å². The fourth-order valence-corrected chi connectivity index (χ4v) is 2.44. The maximum Gasteiger partial charge on any atom is 0.255 e. The average molecular weight is 338 g/mol. The van der Waals surface area contributed by atoms with E-state index in [9.17, 15) is 4.79 Å². The van der Waals surface area contributed by atoms with E-state index in [4.69, 9.17) is 13.9 Å². The number of furan rings is 1. The van der Waals surface area contributed by atoms with Gasteiger partial charge in [-0.15, -0.1) is 0 Å². The summed E-state index contributed by atoms with van der Waals surface area (Å²) in [6, 6.07) is 12.6. The third kappa shape index (κ3) is 3.63. The SMILES string of the molecule is COc1cccc(C(=O)NCc2ccc(-c3ccco3)nc2)c1OC. The van der Waals surface area contributed by atoms with Crippen LogP contribution in [0, 0.1) is 0 Å². The second-order valence-corrected chi connectivity index (χ2v) is 5.25. The molecule has 0 aliphatic rings. The lowest BCUT2D eigenvalue weighted by Gasteiger charge is -2.12. The highest BCUT2D eigenvalue weighted by molar-refractivity contribution is 5.97. The average Bonchev–Trinajstić information content (AvgIpc) is 3.20. The second-order valence-electron chi connectivity index (χ2n) is 5.25. The third-order valence-corrected chi connectivity index (χ3v) is 3.70. The number of para-hydroxylation sites is 1. The third-order valence-electron chi connectivity index (χ3n) is 3.70. The molecule has 0 fully saturated rings. The maximum absolute atomic E-state index is 12.4. The van der Waals surface area contributed by atoms with E-state index in [0.717, 1.165) is 11.3 Å². The van der Waals surface area contributed by atoms with E-state index >= 15 is 0 Å². The van der Waals surface area contributed by atoms with Crippen LogP contribution < -0.4 is 14.8 Å². The lowest BCUT2D eigenvalue weighted by atomic mass is 10.1. The van der Waals surface area contributed by atoms with Crippen molar-refractivity contribution in [3.63, 3.8) is 0 Å². The van der Waals surface area contributed by atoms with Gasteiger partial charge in [0.25, 0.3) is 5.91 Å². The number of rotatable bonds is 6. The molecule has 2 aromatic heterocycles. The number of amides is 1. The number of carbonyl (C=O) groups excluding carboxylic acids is 1. The second kappa shape index (κ2) is 7.53. The van der Waals surface area contributed by atoms with Gasteiger partial charge in [0.2, 0.25) is 0 Å². The molecule has 0 radical (unpaired) electrons. The summed E-state index contributed by atoms with van der Waals surface area (Å²) in [6.07, 6.45) is 3.31. The number of pyridine rings is 1. The Kier molecular flexibility index (Phi) is 4.99. The number of carbonyl (C=O) groups is 1. The molecular formula is C19H18N2O4. The Morgan fingerprint density at radius 2 is 2.00 bits per heavy atom. The first kappa shape index (κ1) is 16.6. The number of hydrogen-bond acceptors (Lipinski definition) is 5. The Balaban J connectivity index is 1.68. The van der Waals surface area contributed by atoms with Crippen molar-refractivity contribution in [1.82, 2.24) is 10.3 Å². The van der Waals surface area contributed by atoms with E-state index in [-0.39, 0.29) is 5.91 Å². The van der Waals surface area contributed by atoms with Gasteiger partial charge in [-0.25, -0.2) is 0 Å². The number of nitrogens with zero attached hydrogens (tertiary/aromatic N) is 1. The monoisotopic (exact) mass is 338 g/mol. The molecule has 0 atom stereocenters. The first-order valence-corrected chi connectivity index (χ1v) is 7.71. The zero-order valence-electron chi connectivity index (χ0n) is 14.0. The number of methoxy groups -OCH3 is 2. The molecule has 3 aromatic rings. The van der Waals surface area contributed by atoms with Crippen molar-refractivity contribution in [3.05, 3.63) is 66.1 Å². The number of nitrogens with one attached hydrogen (secondary N) is 1. The molecule has 0 saturated carbocycles. The van der Waals surface area contributed by atoms with Gasteiger partial charge in [0.05, 0.1) is 26.0 Å². The van der Waals surface area contributed by atoms with E-state index in [1.807, 2.05) is 24.3 Å². The van der Waals surface area contributed by atoms with Crippen LogP contribution in [0.25, 0.3) is 11.5 Å². The first-order valence-electron chi connectivity index (χ1n) is 7.71. The molecule has 0 unspecified atom stereocenters. The standard InChI is InChI=1S/C19H18N2O4/c1-23-17-6-3-5-14(18(17)24-2)19(22)21-12-13-8-9-15(20-11-13)16-7-4-10-25-16/h3-11H,12H2,1-2H3,(H,21,22). The van der Waals surface area contributed by atoms with Crippen molar-refractivity contribution in [2.75, 3.05) is 14.2 Å². The van der Waals surface area contributed by atoms with Gasteiger partial charge in [0.15, 0.2) is 17.3 Å². The largest absolute Gasteiger partial charge is 0.493 e. The van der Waals surface area contributed by atoms with Gasteiger partial charge in [-0.1, -0.05) is 12.1 Å². The molecule has 0 bridgehead atoms. The Morgan fingerprint density at radius 3 is 2.64 bits per heavy atom. The predicted molar refractivity (Wildman–Crippen MR) is 92.7 cm³/mol. The van der Waals surface area contributed by atoms with E-state index in [2.05, 4.69) is 10.3 Å². The molecule has 6 heteroatoms. The van der Waals surface area contributed by atoms with Crippen molar-refractivity contribution < 1.29 is 18.7 Å². The summed E-state index contributed by atoms with van der Waals surface area (Å²) >= 11 is 0. The summed E-state index contributed by atoms with van der Waals surface area (Å²) in [5.74, 6) is 1.39. The summed E-state index contributed by atoms with van der Waals surface area (Å²) in [5, 5.41) is 2.86. The molecule has 3 rings (SSSR count). The minimum Gasteiger partial charge on any atom is -0.493 e. The molecule has 0 aliphatic carbocycles. The smallest absolute Gasteiger partial charge is 0.255 e. The highest BCUT2D eigenvalue weighted by Crippen LogP contribution is 2.30. The molecule has 1 amide bonds. The topological polar surface area (TPSA) is 73.6 Å². The van der Waals surface area contributed by atoms with Crippen molar-refractivity contribution in [2.45, 2.75) is 6.54 Å². The quantitative estimate of drug-likeness (QED) is 0.746. The summed E-state index contributed by atoms with van der Waals surface area (Å²) in [6.45, 7) is 0.352. The zero-order chi connectivity index (χ0) is 17.6. The van der Waals surface area contributed by atoms with Gasteiger partial charge in [0.1, 0.15) is 5.69 Å². The van der Waals surface area contributed by atoms with Crippen molar-refractivity contribution >= 4 is 5.91 Å². The Labute approximate surface area is 145 Å². The van der Waals surface area contributed by atoms with Crippen LogP contribution in [0.4, 0.5) is 0 Å². The summed E-state index contributed by atoms with van der Waals surface area (Å²) in [7, 11) is 3.04. The van der Waals surface area contributed by atoms with Gasteiger partial charge in [0, 0.05) is 12.7 Å². The molecule has 0 spiro atoms. The van der Waals surface area contributed by atoms with Crippen LogP contribution in [-0.4, -0.2) is 25.1 Å². The maximum atomic E-state index is 12.4. The normalized spacial score (nSPS) is 10.3. The van der Waals surface area contributed by atoms with Crippen LogP contribution in [0.1, 0.15) is 15.9 Å². The predicted octanol–water partition coefficient (Wildman–Crippen LogP) is 3.29. The summed E-state index contributed by atoms with van der Waals surface area (Å²) in [4.78, 5) is 16.8. The molecule has 128 valence electrons. The molecule has 2 heterocycles. The molecule has 0 aliphatic heterocycles. The van der Waals surface area contributed by atoms with Gasteiger partial charge >= 0.3 is 0 Å². The minimum absolute atomic E-state index is 0.245. The molecule has 6 nitrogen and oxygen atoms in total. The first-order chi connectivity index (χ1) is 12.2. The van der Waals surface area contributed by atoms with Crippen molar-refractivity contribution in [1.29, 1.82) is 0 Å². The number of ether oxygens (including phenoxy) is 2. The van der Waals surface area contributed by atoms with Gasteiger partial charge in [-0.05, 0) is 35.9 Å². The van der Waals surface area contributed by atoms with E-state index in [1.54, 1.807) is 30.7 Å². The van der Waals surface area contributed by atoms with Crippen LogP contribution >= 0.6 is 0 Å². The van der Waals surface area contributed by atoms with Crippen LogP contribution in [-0.2, 0) is 6.54 Å². The molecular weight excluding hydrogens is 320 g/mol. The van der Waals surface area contributed by atoms with Gasteiger partial charge in [-0.2, -0.15) is 0 Å². The fourth-order valence-electron chi connectivity index (χ4n) is 2.44.